The summed E-state index contributed by atoms with van der Waals surface area (Å²) < 4.78 is 0. The molecule has 0 saturated heterocycles. The van der Waals surface area contributed by atoms with Gasteiger partial charge in [0.2, 0.25) is 0 Å². The van der Waals surface area contributed by atoms with E-state index >= 15 is 0 Å². The molecule has 0 radical (unpaired) electrons. The van der Waals surface area contributed by atoms with Gasteiger partial charge in [-0.1, -0.05) is 42.1 Å². The van der Waals surface area contributed by atoms with Gasteiger partial charge in [-0.2, -0.15) is 0 Å². The smallest absolute Gasteiger partial charge is 0.319 e. The largest absolute Gasteiger partial charge is 0.337 e. The number of carbonyl (C=O) groups excluding carboxylic acids is 1. The molecule has 122 valence electrons. The van der Waals surface area contributed by atoms with Crippen molar-refractivity contribution < 1.29 is 4.79 Å². The van der Waals surface area contributed by atoms with Crippen LogP contribution in [0.5, 0.6) is 0 Å². The summed E-state index contributed by atoms with van der Waals surface area (Å²) in [5, 5.41) is 8.82. The first-order valence-corrected chi connectivity index (χ1v) is 9.27. The van der Waals surface area contributed by atoms with Crippen LogP contribution in [0.3, 0.4) is 0 Å². The fourth-order valence-electron chi connectivity index (χ4n) is 3.14. The molecule has 1 aliphatic rings. The molecule has 3 rings (SSSR count). The molecule has 1 heterocycles. The molecule has 1 aromatic heterocycles. The van der Waals surface area contributed by atoms with Crippen molar-refractivity contribution in [2.75, 3.05) is 11.9 Å². The van der Waals surface area contributed by atoms with Crippen molar-refractivity contribution in [1.82, 2.24) is 5.32 Å². The molecule has 0 bridgehead atoms. The van der Waals surface area contributed by atoms with E-state index in [-0.39, 0.29) is 11.4 Å². The minimum Gasteiger partial charge on any atom is -0.337 e. The zero-order chi connectivity index (χ0) is 16.3. The van der Waals surface area contributed by atoms with Crippen LogP contribution in [0.1, 0.15) is 30.6 Å². The topological polar surface area (TPSA) is 41.1 Å². The lowest BCUT2D eigenvalue weighted by molar-refractivity contribution is 0.248. The lowest BCUT2D eigenvalue weighted by Crippen LogP contribution is -2.40. The predicted molar refractivity (Wildman–Crippen MR) is 97.9 cm³/mol. The van der Waals surface area contributed by atoms with E-state index < -0.39 is 0 Å². The van der Waals surface area contributed by atoms with E-state index in [0.29, 0.717) is 22.3 Å². The molecule has 2 N–H and O–H groups in total. The zero-order valence-electron chi connectivity index (χ0n) is 12.6. The third-order valence-corrected chi connectivity index (χ3v) is 6.22. The highest BCUT2D eigenvalue weighted by atomic mass is 35.5. The molecule has 1 saturated carbocycles. The Kier molecular flexibility index (Phi) is 5.14. The number of rotatable bonds is 4. The molecule has 0 spiro atoms. The Balaban J connectivity index is 1.62. The molecule has 0 atom stereocenters. The van der Waals surface area contributed by atoms with Crippen molar-refractivity contribution in [1.29, 1.82) is 0 Å². The SMILES string of the molecule is O=C(NCC1(c2cccs2)CCCC1)Nc1ccc(Cl)c(Cl)c1. The van der Waals surface area contributed by atoms with Gasteiger partial charge >= 0.3 is 6.03 Å². The van der Waals surface area contributed by atoms with Crippen LogP contribution in [0.15, 0.2) is 35.7 Å². The van der Waals surface area contributed by atoms with Gasteiger partial charge in [0.05, 0.1) is 10.0 Å². The van der Waals surface area contributed by atoms with Crippen molar-refractivity contribution >= 4 is 46.3 Å². The van der Waals surface area contributed by atoms with E-state index in [1.54, 1.807) is 29.5 Å². The summed E-state index contributed by atoms with van der Waals surface area (Å²) in [6.07, 6.45) is 4.68. The van der Waals surface area contributed by atoms with Crippen LogP contribution in [-0.4, -0.2) is 12.6 Å². The Morgan fingerprint density at radius 3 is 2.61 bits per heavy atom. The molecule has 1 aromatic carbocycles. The molecule has 1 aliphatic carbocycles. The minimum atomic E-state index is -0.216. The van der Waals surface area contributed by atoms with Crippen LogP contribution in [0.25, 0.3) is 0 Å². The summed E-state index contributed by atoms with van der Waals surface area (Å²) in [5.41, 5.74) is 0.719. The van der Waals surface area contributed by atoms with Crippen molar-refractivity contribution in [3.63, 3.8) is 0 Å². The summed E-state index contributed by atoms with van der Waals surface area (Å²) >= 11 is 13.6. The summed E-state index contributed by atoms with van der Waals surface area (Å²) in [5.74, 6) is 0. The normalized spacial score (nSPS) is 16.3. The first-order chi connectivity index (χ1) is 11.1. The number of halogens is 2. The number of carbonyl (C=O) groups is 1. The maximum absolute atomic E-state index is 12.2. The fraction of sp³-hybridized carbons (Fsp3) is 0.353. The van der Waals surface area contributed by atoms with Crippen LogP contribution in [-0.2, 0) is 5.41 Å². The highest BCUT2D eigenvalue weighted by molar-refractivity contribution is 7.10. The molecule has 2 aromatic rings. The average molecular weight is 369 g/mol. The van der Waals surface area contributed by atoms with Gasteiger partial charge in [-0.3, -0.25) is 0 Å². The van der Waals surface area contributed by atoms with Crippen molar-refractivity contribution in [2.45, 2.75) is 31.1 Å². The summed E-state index contributed by atoms with van der Waals surface area (Å²) in [6, 6.07) is 9.09. The summed E-state index contributed by atoms with van der Waals surface area (Å²) in [4.78, 5) is 13.5. The van der Waals surface area contributed by atoms with Gasteiger partial charge in [0.1, 0.15) is 0 Å². The number of hydrogen-bond acceptors (Lipinski definition) is 2. The molecular weight excluding hydrogens is 351 g/mol. The predicted octanol–water partition coefficient (Wildman–Crippen LogP) is 5.69. The number of benzene rings is 1. The van der Waals surface area contributed by atoms with E-state index in [9.17, 15) is 4.79 Å². The Labute approximate surface area is 150 Å². The van der Waals surface area contributed by atoms with Crippen LogP contribution < -0.4 is 10.6 Å². The first-order valence-electron chi connectivity index (χ1n) is 7.63. The van der Waals surface area contributed by atoms with Gasteiger partial charge in [-0.05, 0) is 42.5 Å². The van der Waals surface area contributed by atoms with Gasteiger partial charge < -0.3 is 10.6 Å². The fourth-order valence-corrected chi connectivity index (χ4v) is 4.43. The van der Waals surface area contributed by atoms with Crippen LogP contribution in [0.4, 0.5) is 10.5 Å². The molecular formula is C17H18Cl2N2OS. The number of anilines is 1. The third kappa shape index (κ3) is 3.82. The van der Waals surface area contributed by atoms with Gasteiger partial charge in [0.15, 0.2) is 0 Å². The number of hydrogen-bond donors (Lipinski definition) is 2. The highest BCUT2D eigenvalue weighted by Gasteiger charge is 2.36. The summed E-state index contributed by atoms with van der Waals surface area (Å²) in [6.45, 7) is 0.653. The van der Waals surface area contributed by atoms with Gasteiger partial charge in [0.25, 0.3) is 0 Å². The van der Waals surface area contributed by atoms with E-state index in [0.717, 1.165) is 12.8 Å². The second-order valence-electron chi connectivity index (χ2n) is 5.90. The van der Waals surface area contributed by atoms with Gasteiger partial charge in [-0.25, -0.2) is 4.79 Å². The van der Waals surface area contributed by atoms with Crippen molar-refractivity contribution in [3.05, 3.63) is 50.6 Å². The van der Waals surface area contributed by atoms with Gasteiger partial charge in [0, 0.05) is 22.5 Å². The Morgan fingerprint density at radius 2 is 1.96 bits per heavy atom. The Bertz CT molecular complexity index is 682. The molecule has 0 aliphatic heterocycles. The Morgan fingerprint density at radius 1 is 1.17 bits per heavy atom. The molecule has 23 heavy (non-hydrogen) atoms. The van der Waals surface area contributed by atoms with Crippen molar-refractivity contribution in [2.24, 2.45) is 0 Å². The minimum absolute atomic E-state index is 0.0865. The zero-order valence-corrected chi connectivity index (χ0v) is 14.9. The number of nitrogens with one attached hydrogen (secondary N) is 2. The maximum Gasteiger partial charge on any atom is 0.319 e. The molecule has 1 fully saturated rings. The second kappa shape index (κ2) is 7.12. The molecule has 3 nitrogen and oxygen atoms in total. The third-order valence-electron chi connectivity index (χ3n) is 4.37. The van der Waals surface area contributed by atoms with E-state index in [2.05, 4.69) is 28.1 Å². The van der Waals surface area contributed by atoms with Crippen LogP contribution >= 0.6 is 34.5 Å². The van der Waals surface area contributed by atoms with Crippen LogP contribution in [0.2, 0.25) is 10.0 Å². The van der Waals surface area contributed by atoms with E-state index in [1.165, 1.54) is 17.7 Å². The molecule has 0 unspecified atom stereocenters. The van der Waals surface area contributed by atoms with Gasteiger partial charge in [-0.15, -0.1) is 11.3 Å². The quantitative estimate of drug-likeness (QED) is 0.714. The maximum atomic E-state index is 12.2. The lowest BCUT2D eigenvalue weighted by atomic mass is 9.84. The number of thiophene rings is 1. The van der Waals surface area contributed by atoms with Crippen molar-refractivity contribution in [3.8, 4) is 0 Å². The monoisotopic (exact) mass is 368 g/mol. The molecule has 2 amide bonds. The first kappa shape index (κ1) is 16.6. The standard InChI is InChI=1S/C17H18Cl2N2OS/c18-13-6-5-12(10-14(13)19)21-16(22)20-11-17(7-1-2-8-17)15-4-3-9-23-15/h3-6,9-10H,1-2,7-8,11H2,(H2,20,21,22). The number of amides is 2. The van der Waals surface area contributed by atoms with Crippen LogP contribution in [0, 0.1) is 0 Å². The molecule has 6 heteroatoms. The highest BCUT2D eigenvalue weighted by Crippen LogP contribution is 2.42. The van der Waals surface area contributed by atoms with E-state index in [1.807, 2.05) is 0 Å². The average Bonchev–Trinajstić information content (AvgIpc) is 3.20. The second-order valence-corrected chi connectivity index (χ2v) is 7.66. The number of urea groups is 1. The summed E-state index contributed by atoms with van der Waals surface area (Å²) in [7, 11) is 0. The van der Waals surface area contributed by atoms with E-state index in [4.69, 9.17) is 23.2 Å². The Hall–Kier alpha value is -1.23. The lowest BCUT2D eigenvalue weighted by Gasteiger charge is -2.28.